The largest absolute Gasteiger partial charge is 0.353 e. The maximum atomic E-state index is 12.6. The van der Waals surface area contributed by atoms with Crippen LogP contribution in [-0.4, -0.2) is 15.9 Å². The number of carbonyl (C=O) groups excluding carboxylic acids is 1. The summed E-state index contributed by atoms with van der Waals surface area (Å²) < 4.78 is 0. The molecule has 0 aliphatic heterocycles. The number of aromatic nitrogens is 2. The minimum Gasteiger partial charge on any atom is -0.353 e. The SMILES string of the molecule is Cc1ccc2[nH]c(-c3ccc4ccccc4n3)c(CCCC(=O)Nc3ccc(C)c(C)c3)c2c1. The molecule has 1 amide bonds. The van der Waals surface area contributed by atoms with Gasteiger partial charge in [-0.3, -0.25) is 4.79 Å². The molecule has 3 aromatic carbocycles. The Bertz CT molecular complexity index is 1510. The van der Waals surface area contributed by atoms with Gasteiger partial charge in [0.1, 0.15) is 0 Å². The number of aryl methyl sites for hydroxylation is 4. The summed E-state index contributed by atoms with van der Waals surface area (Å²) in [5.41, 5.74) is 9.76. The Hall–Kier alpha value is -3.92. The Morgan fingerprint density at radius 1 is 0.912 bits per heavy atom. The molecule has 0 radical (unpaired) electrons. The van der Waals surface area contributed by atoms with Crippen molar-refractivity contribution in [2.24, 2.45) is 0 Å². The van der Waals surface area contributed by atoms with Gasteiger partial charge in [0.05, 0.1) is 16.9 Å². The normalized spacial score (nSPS) is 11.3. The number of nitrogens with one attached hydrogen (secondary N) is 2. The summed E-state index contributed by atoms with van der Waals surface area (Å²) in [6, 6.07) is 24.9. The zero-order valence-electron chi connectivity index (χ0n) is 19.9. The van der Waals surface area contributed by atoms with Gasteiger partial charge >= 0.3 is 0 Å². The smallest absolute Gasteiger partial charge is 0.224 e. The second-order valence-corrected chi connectivity index (χ2v) is 9.12. The minimum absolute atomic E-state index is 0.0460. The van der Waals surface area contributed by atoms with Crippen molar-refractivity contribution in [3.63, 3.8) is 0 Å². The molecule has 0 unspecified atom stereocenters. The molecular formula is C30H29N3O. The highest BCUT2D eigenvalue weighted by atomic mass is 16.1. The Labute approximate surface area is 200 Å². The van der Waals surface area contributed by atoms with Crippen LogP contribution in [0.4, 0.5) is 5.69 Å². The summed E-state index contributed by atoms with van der Waals surface area (Å²) in [7, 11) is 0. The zero-order valence-corrected chi connectivity index (χ0v) is 19.9. The first kappa shape index (κ1) is 21.9. The molecule has 34 heavy (non-hydrogen) atoms. The lowest BCUT2D eigenvalue weighted by Crippen LogP contribution is -2.11. The number of amides is 1. The predicted molar refractivity (Wildman–Crippen MR) is 141 cm³/mol. The third-order valence-electron chi connectivity index (χ3n) is 6.54. The molecule has 0 atom stereocenters. The van der Waals surface area contributed by atoms with Gasteiger partial charge in [0, 0.05) is 28.4 Å². The fourth-order valence-corrected chi connectivity index (χ4v) is 4.51. The molecule has 2 N–H and O–H groups in total. The standard InChI is InChI=1S/C30H29N3O/c1-19-11-15-27-25(17-19)24(8-6-10-29(34)31-23-14-12-20(2)21(3)18-23)30(33-27)28-16-13-22-7-4-5-9-26(22)32-28/h4-5,7,9,11-18,33H,6,8,10H2,1-3H3,(H,31,34). The minimum atomic E-state index is 0.0460. The van der Waals surface area contributed by atoms with Crippen molar-refractivity contribution >= 4 is 33.4 Å². The number of fused-ring (bicyclic) bond motifs is 2. The zero-order chi connectivity index (χ0) is 23.7. The number of anilines is 1. The van der Waals surface area contributed by atoms with E-state index in [4.69, 9.17) is 4.98 Å². The highest BCUT2D eigenvalue weighted by Crippen LogP contribution is 2.32. The first-order valence-electron chi connectivity index (χ1n) is 11.8. The molecule has 4 nitrogen and oxygen atoms in total. The number of aromatic amines is 1. The predicted octanol–water partition coefficient (Wildman–Crippen LogP) is 7.27. The molecule has 0 saturated heterocycles. The highest BCUT2D eigenvalue weighted by Gasteiger charge is 2.15. The first-order chi connectivity index (χ1) is 16.5. The van der Waals surface area contributed by atoms with Crippen LogP contribution in [-0.2, 0) is 11.2 Å². The number of nitrogens with zero attached hydrogens (tertiary/aromatic N) is 1. The molecule has 2 aromatic heterocycles. The maximum Gasteiger partial charge on any atom is 0.224 e. The van der Waals surface area contributed by atoms with E-state index >= 15 is 0 Å². The molecule has 0 aliphatic carbocycles. The van der Waals surface area contributed by atoms with Crippen molar-refractivity contribution < 1.29 is 4.79 Å². The van der Waals surface area contributed by atoms with Crippen LogP contribution in [0.2, 0.25) is 0 Å². The lowest BCUT2D eigenvalue weighted by Gasteiger charge is -2.09. The number of para-hydroxylation sites is 1. The van der Waals surface area contributed by atoms with Crippen LogP contribution in [0.25, 0.3) is 33.2 Å². The lowest BCUT2D eigenvalue weighted by atomic mass is 10.0. The van der Waals surface area contributed by atoms with E-state index in [9.17, 15) is 4.79 Å². The molecule has 0 aliphatic rings. The Kier molecular flexibility index (Phi) is 5.89. The van der Waals surface area contributed by atoms with Crippen LogP contribution < -0.4 is 5.32 Å². The Morgan fingerprint density at radius 3 is 2.62 bits per heavy atom. The van der Waals surface area contributed by atoms with Crippen LogP contribution in [0.1, 0.15) is 35.1 Å². The summed E-state index contributed by atoms with van der Waals surface area (Å²) in [5.74, 6) is 0.0460. The number of hydrogen-bond donors (Lipinski definition) is 2. The van der Waals surface area contributed by atoms with E-state index in [-0.39, 0.29) is 5.91 Å². The molecule has 0 fully saturated rings. The van der Waals surface area contributed by atoms with Crippen LogP contribution in [0, 0.1) is 20.8 Å². The van der Waals surface area contributed by atoms with Crippen LogP contribution in [0.5, 0.6) is 0 Å². The third-order valence-corrected chi connectivity index (χ3v) is 6.54. The summed E-state index contributed by atoms with van der Waals surface area (Å²) in [6.07, 6.45) is 2.03. The van der Waals surface area contributed by atoms with Crippen LogP contribution in [0.3, 0.4) is 0 Å². The number of H-pyrrole nitrogens is 1. The fraction of sp³-hybridized carbons (Fsp3) is 0.200. The molecular weight excluding hydrogens is 418 g/mol. The van der Waals surface area contributed by atoms with Gasteiger partial charge in [-0.1, -0.05) is 42.0 Å². The van der Waals surface area contributed by atoms with Crippen LogP contribution in [0.15, 0.2) is 72.8 Å². The second kappa shape index (κ2) is 9.14. The number of carbonyl (C=O) groups is 1. The maximum absolute atomic E-state index is 12.6. The first-order valence-corrected chi connectivity index (χ1v) is 11.8. The van der Waals surface area contributed by atoms with E-state index in [2.05, 4.69) is 67.5 Å². The van der Waals surface area contributed by atoms with E-state index in [1.54, 1.807) is 0 Å². The van der Waals surface area contributed by atoms with Crippen molar-refractivity contribution in [3.05, 3.63) is 95.1 Å². The quantitative estimate of drug-likeness (QED) is 0.287. The van der Waals surface area contributed by atoms with E-state index < -0.39 is 0 Å². The summed E-state index contributed by atoms with van der Waals surface area (Å²) >= 11 is 0. The molecule has 2 heterocycles. The molecule has 5 rings (SSSR count). The molecule has 4 heteroatoms. The average Bonchev–Trinajstić information content (AvgIpc) is 3.19. The van der Waals surface area contributed by atoms with Gasteiger partial charge in [0.2, 0.25) is 5.91 Å². The van der Waals surface area contributed by atoms with Gasteiger partial charge in [-0.15, -0.1) is 0 Å². The average molecular weight is 448 g/mol. The Morgan fingerprint density at radius 2 is 1.76 bits per heavy atom. The van der Waals surface area contributed by atoms with Gasteiger partial charge in [0.25, 0.3) is 0 Å². The highest BCUT2D eigenvalue weighted by molar-refractivity contribution is 5.93. The Balaban J connectivity index is 1.39. The summed E-state index contributed by atoms with van der Waals surface area (Å²) in [5, 5.41) is 5.38. The van der Waals surface area contributed by atoms with Crippen molar-refractivity contribution in [3.8, 4) is 11.4 Å². The monoisotopic (exact) mass is 447 g/mol. The van der Waals surface area contributed by atoms with Crippen molar-refractivity contribution in [2.75, 3.05) is 5.32 Å². The molecule has 0 spiro atoms. The van der Waals surface area contributed by atoms with E-state index in [0.29, 0.717) is 6.42 Å². The number of benzene rings is 3. The van der Waals surface area contributed by atoms with E-state index in [1.165, 1.54) is 27.6 Å². The summed E-state index contributed by atoms with van der Waals surface area (Å²) in [6.45, 7) is 6.25. The second-order valence-electron chi connectivity index (χ2n) is 9.12. The van der Waals surface area contributed by atoms with E-state index in [1.807, 2.05) is 36.4 Å². The lowest BCUT2D eigenvalue weighted by molar-refractivity contribution is -0.116. The van der Waals surface area contributed by atoms with Gasteiger partial charge in [0.15, 0.2) is 0 Å². The molecule has 0 bridgehead atoms. The molecule has 0 saturated carbocycles. The number of rotatable bonds is 6. The van der Waals surface area contributed by atoms with Gasteiger partial charge in [-0.05, 0) is 86.7 Å². The van der Waals surface area contributed by atoms with Crippen LogP contribution >= 0.6 is 0 Å². The third kappa shape index (κ3) is 4.44. The topological polar surface area (TPSA) is 57.8 Å². The molecule has 5 aromatic rings. The van der Waals surface area contributed by atoms with Gasteiger partial charge < -0.3 is 10.3 Å². The van der Waals surface area contributed by atoms with Crippen molar-refractivity contribution in [1.82, 2.24) is 9.97 Å². The van der Waals surface area contributed by atoms with Crippen molar-refractivity contribution in [2.45, 2.75) is 40.0 Å². The number of pyridine rings is 1. The molecule has 170 valence electrons. The summed E-state index contributed by atoms with van der Waals surface area (Å²) in [4.78, 5) is 21.2. The van der Waals surface area contributed by atoms with Crippen molar-refractivity contribution in [1.29, 1.82) is 0 Å². The number of hydrogen-bond acceptors (Lipinski definition) is 2. The fourth-order valence-electron chi connectivity index (χ4n) is 4.51. The van der Waals surface area contributed by atoms with Gasteiger partial charge in [-0.2, -0.15) is 0 Å². The van der Waals surface area contributed by atoms with Gasteiger partial charge in [-0.25, -0.2) is 4.98 Å². The van der Waals surface area contributed by atoms with E-state index in [0.717, 1.165) is 46.3 Å².